The van der Waals surface area contributed by atoms with Crippen molar-refractivity contribution in [3.63, 3.8) is 0 Å². The van der Waals surface area contributed by atoms with Gasteiger partial charge in [-0.25, -0.2) is 12.8 Å². The largest absolute Gasteiger partial charge is 0.493 e. The molecule has 0 aromatic heterocycles. The minimum absolute atomic E-state index is 0.0410. The lowest BCUT2D eigenvalue weighted by Gasteiger charge is -2.34. The van der Waals surface area contributed by atoms with Crippen LogP contribution in [0.3, 0.4) is 0 Å². The van der Waals surface area contributed by atoms with E-state index in [0.29, 0.717) is 12.3 Å². The molecule has 9 nitrogen and oxygen atoms in total. The topological polar surface area (TPSA) is 105 Å². The number of ether oxygens (including phenoxy) is 2. The molecule has 1 atom stereocenters. The van der Waals surface area contributed by atoms with Crippen LogP contribution in [-0.2, 0) is 32.6 Å². The first-order valence-electron chi connectivity index (χ1n) is 15.6. The van der Waals surface area contributed by atoms with Crippen LogP contribution in [0.25, 0.3) is 0 Å². The van der Waals surface area contributed by atoms with Crippen molar-refractivity contribution in [2.24, 2.45) is 5.92 Å². The maximum Gasteiger partial charge on any atom is 0.264 e. The Bertz CT molecular complexity index is 1780. The van der Waals surface area contributed by atoms with Crippen LogP contribution in [-0.4, -0.2) is 58.5 Å². The van der Waals surface area contributed by atoms with Crippen molar-refractivity contribution in [2.75, 3.05) is 31.6 Å². The number of nitrogens with zero attached hydrogens (tertiary/aromatic N) is 2. The van der Waals surface area contributed by atoms with Crippen molar-refractivity contribution in [3.05, 3.63) is 120 Å². The summed E-state index contributed by atoms with van der Waals surface area (Å²) in [5.74, 6) is -0.892. The third-order valence-corrected chi connectivity index (χ3v) is 9.54. The number of anilines is 1. The highest BCUT2D eigenvalue weighted by atomic mass is 32.2. The predicted molar refractivity (Wildman–Crippen MR) is 184 cm³/mol. The number of methoxy groups -OCH3 is 2. The molecule has 254 valence electrons. The van der Waals surface area contributed by atoms with Crippen LogP contribution in [0.2, 0.25) is 0 Å². The second kappa shape index (κ2) is 16.3. The van der Waals surface area contributed by atoms with Crippen LogP contribution in [0, 0.1) is 18.7 Å². The first-order valence-corrected chi connectivity index (χ1v) is 17.0. The van der Waals surface area contributed by atoms with Gasteiger partial charge in [0.25, 0.3) is 10.0 Å². The van der Waals surface area contributed by atoms with Crippen LogP contribution < -0.4 is 19.1 Å². The monoisotopic (exact) mass is 675 g/mol. The Kier molecular flexibility index (Phi) is 12.2. The van der Waals surface area contributed by atoms with Gasteiger partial charge in [-0.3, -0.25) is 13.9 Å². The van der Waals surface area contributed by atoms with E-state index in [1.165, 1.54) is 49.5 Å². The molecule has 0 saturated heterocycles. The number of carbonyl (C=O) groups excluding carboxylic acids is 2. The van der Waals surface area contributed by atoms with Crippen molar-refractivity contribution in [2.45, 2.75) is 44.7 Å². The third kappa shape index (κ3) is 9.13. The van der Waals surface area contributed by atoms with Gasteiger partial charge in [-0.2, -0.15) is 0 Å². The van der Waals surface area contributed by atoms with E-state index >= 15 is 0 Å². The molecule has 0 radical (unpaired) electrons. The number of hydrogen-bond donors (Lipinski definition) is 1. The van der Waals surface area contributed by atoms with Crippen LogP contribution in [0.4, 0.5) is 10.1 Å². The Balaban J connectivity index is 1.81. The van der Waals surface area contributed by atoms with E-state index in [9.17, 15) is 22.4 Å². The van der Waals surface area contributed by atoms with Gasteiger partial charge in [-0.15, -0.1) is 0 Å². The van der Waals surface area contributed by atoms with E-state index in [2.05, 4.69) is 5.32 Å². The zero-order valence-corrected chi connectivity index (χ0v) is 28.7. The van der Waals surface area contributed by atoms with Crippen LogP contribution in [0.15, 0.2) is 102 Å². The van der Waals surface area contributed by atoms with Gasteiger partial charge >= 0.3 is 0 Å². The quantitative estimate of drug-likeness (QED) is 0.172. The molecular weight excluding hydrogens is 633 g/mol. The fourth-order valence-electron chi connectivity index (χ4n) is 5.11. The second-order valence-electron chi connectivity index (χ2n) is 11.9. The highest BCUT2D eigenvalue weighted by molar-refractivity contribution is 7.92. The third-order valence-electron chi connectivity index (χ3n) is 7.77. The number of amides is 2. The fourth-order valence-corrected chi connectivity index (χ4v) is 6.54. The molecule has 4 aromatic rings. The fraction of sp³-hybridized carbons (Fsp3) is 0.297. The number of sulfonamides is 1. The molecule has 4 aromatic carbocycles. The minimum atomic E-state index is -4.43. The highest BCUT2D eigenvalue weighted by Crippen LogP contribution is 2.32. The summed E-state index contributed by atoms with van der Waals surface area (Å²) in [5.41, 5.74) is 2.69. The maximum atomic E-state index is 14.6. The van der Waals surface area contributed by atoms with Crippen molar-refractivity contribution in [1.82, 2.24) is 10.2 Å². The molecule has 0 saturated carbocycles. The zero-order chi connectivity index (χ0) is 34.8. The van der Waals surface area contributed by atoms with Gasteiger partial charge in [0.1, 0.15) is 18.4 Å². The Hall–Kier alpha value is -4.90. The molecule has 1 N–H and O–H groups in total. The molecule has 0 bridgehead atoms. The average Bonchev–Trinajstić information content (AvgIpc) is 3.08. The Morgan fingerprint density at radius 1 is 0.833 bits per heavy atom. The summed E-state index contributed by atoms with van der Waals surface area (Å²) in [6, 6.07) is 24.9. The lowest BCUT2D eigenvalue weighted by Crippen LogP contribution is -2.53. The van der Waals surface area contributed by atoms with Gasteiger partial charge < -0.3 is 19.7 Å². The number of hydrogen-bond acceptors (Lipinski definition) is 6. The molecule has 0 fully saturated rings. The van der Waals surface area contributed by atoms with Crippen molar-refractivity contribution >= 4 is 27.5 Å². The van der Waals surface area contributed by atoms with E-state index in [0.717, 1.165) is 33.1 Å². The van der Waals surface area contributed by atoms with Gasteiger partial charge in [-0.1, -0.05) is 74.0 Å². The van der Waals surface area contributed by atoms with Gasteiger partial charge in [0.15, 0.2) is 11.5 Å². The first-order chi connectivity index (χ1) is 22.9. The van der Waals surface area contributed by atoms with Gasteiger partial charge in [0, 0.05) is 25.6 Å². The number of benzene rings is 4. The van der Waals surface area contributed by atoms with Gasteiger partial charge in [-0.05, 0) is 60.4 Å². The van der Waals surface area contributed by atoms with E-state index in [1.54, 1.807) is 0 Å². The van der Waals surface area contributed by atoms with E-state index in [4.69, 9.17) is 9.47 Å². The Morgan fingerprint density at radius 3 is 2.08 bits per heavy atom. The van der Waals surface area contributed by atoms with E-state index in [1.807, 2.05) is 75.4 Å². The molecule has 0 aliphatic heterocycles. The smallest absolute Gasteiger partial charge is 0.264 e. The molecule has 0 heterocycles. The first kappa shape index (κ1) is 35.9. The summed E-state index contributed by atoms with van der Waals surface area (Å²) in [6.45, 7) is 5.66. The molecule has 0 aliphatic rings. The molecular formula is C37H42FN3O6S. The molecule has 0 aliphatic carbocycles. The summed E-state index contributed by atoms with van der Waals surface area (Å²) in [5, 5.41) is 2.97. The number of halogens is 1. The SMILES string of the molecule is COc1ccc(S(=O)(=O)N(CC(=O)N(Cc2ccc(C)cc2)[C@H](Cc2ccccc2)C(=O)NCC(C)C)c2ccc(F)cc2)cc1OC. The summed E-state index contributed by atoms with van der Waals surface area (Å²) in [7, 11) is -1.61. The van der Waals surface area contributed by atoms with Crippen molar-refractivity contribution in [3.8, 4) is 11.5 Å². The number of aryl methyl sites for hydroxylation is 1. The Morgan fingerprint density at radius 2 is 1.48 bits per heavy atom. The minimum Gasteiger partial charge on any atom is -0.493 e. The van der Waals surface area contributed by atoms with E-state index < -0.39 is 34.3 Å². The molecule has 2 amide bonds. The number of nitrogens with one attached hydrogen (secondary N) is 1. The molecule has 11 heteroatoms. The zero-order valence-electron chi connectivity index (χ0n) is 27.9. The van der Waals surface area contributed by atoms with Crippen LogP contribution in [0.5, 0.6) is 11.5 Å². The summed E-state index contributed by atoms with van der Waals surface area (Å²) >= 11 is 0. The molecule has 0 spiro atoms. The molecule has 0 unspecified atom stereocenters. The maximum absolute atomic E-state index is 14.6. The summed E-state index contributed by atoms with van der Waals surface area (Å²) in [6.07, 6.45) is 0.196. The van der Waals surface area contributed by atoms with Crippen LogP contribution >= 0.6 is 0 Å². The Labute approximate surface area is 282 Å². The standard InChI is InChI=1S/C37H42FN3O6S/c1-26(2)23-39-37(43)33(21-28-9-7-6-8-10-28)40(24-29-13-11-27(3)12-14-29)36(42)25-41(31-17-15-30(38)16-18-31)48(44,45)32-19-20-34(46-4)35(22-32)47-5/h6-20,22,26,33H,21,23-25H2,1-5H3,(H,39,43)/t33-/m1/s1. The second-order valence-corrected chi connectivity index (χ2v) is 13.7. The van der Waals surface area contributed by atoms with Crippen LogP contribution in [0.1, 0.15) is 30.5 Å². The lowest BCUT2D eigenvalue weighted by molar-refractivity contribution is -0.140. The van der Waals surface area contributed by atoms with Crippen molar-refractivity contribution < 1.29 is 31.9 Å². The summed E-state index contributed by atoms with van der Waals surface area (Å²) in [4.78, 5) is 29.7. The average molecular weight is 676 g/mol. The number of rotatable bonds is 15. The number of carbonyl (C=O) groups is 2. The van der Waals surface area contributed by atoms with Gasteiger partial charge in [0.2, 0.25) is 11.8 Å². The predicted octanol–water partition coefficient (Wildman–Crippen LogP) is 5.76. The normalized spacial score (nSPS) is 11.9. The molecule has 48 heavy (non-hydrogen) atoms. The van der Waals surface area contributed by atoms with E-state index in [-0.39, 0.29) is 41.1 Å². The highest BCUT2D eigenvalue weighted by Gasteiger charge is 2.35. The molecule has 4 rings (SSSR count). The van der Waals surface area contributed by atoms with Crippen molar-refractivity contribution in [1.29, 1.82) is 0 Å². The van der Waals surface area contributed by atoms with Gasteiger partial charge in [0.05, 0.1) is 24.8 Å². The lowest BCUT2D eigenvalue weighted by atomic mass is 10.0. The summed E-state index contributed by atoms with van der Waals surface area (Å²) < 4.78 is 54.2.